The maximum Gasteiger partial charge on any atom is 0.230 e. The fourth-order valence-electron chi connectivity index (χ4n) is 3.81. The second kappa shape index (κ2) is 5.73. The van der Waals surface area contributed by atoms with Gasteiger partial charge in [-0.05, 0) is 42.9 Å². The minimum absolute atomic E-state index is 0.245. The molecule has 0 saturated heterocycles. The maximum absolute atomic E-state index is 5.68. The van der Waals surface area contributed by atoms with Gasteiger partial charge in [-0.25, -0.2) is 0 Å². The normalized spacial score (nSPS) is 25.6. The average Bonchev–Trinajstić information content (AvgIpc) is 3.54. The molecule has 1 aromatic carbocycles. The Morgan fingerprint density at radius 1 is 1.16 bits per heavy atom. The molecule has 0 bridgehead atoms. The summed E-state index contributed by atoms with van der Waals surface area (Å²) in [5, 5.41) is 4.20. The third-order valence-electron chi connectivity index (χ3n) is 5.53. The van der Waals surface area contributed by atoms with Crippen molar-refractivity contribution in [3.8, 4) is 11.5 Å². The molecule has 6 nitrogen and oxygen atoms in total. The Balaban J connectivity index is 1.27. The Bertz CT molecular complexity index is 783. The van der Waals surface area contributed by atoms with Gasteiger partial charge in [-0.2, -0.15) is 4.98 Å². The highest BCUT2D eigenvalue weighted by Gasteiger charge is 2.46. The van der Waals surface area contributed by atoms with Gasteiger partial charge >= 0.3 is 0 Å². The van der Waals surface area contributed by atoms with Gasteiger partial charge in [0.25, 0.3) is 0 Å². The minimum atomic E-state index is 0.245. The van der Waals surface area contributed by atoms with Crippen LogP contribution in [-0.4, -0.2) is 37.1 Å². The van der Waals surface area contributed by atoms with Gasteiger partial charge in [0.2, 0.25) is 5.89 Å². The lowest BCUT2D eigenvalue weighted by Gasteiger charge is -2.18. The first-order valence-electron chi connectivity index (χ1n) is 8.97. The van der Waals surface area contributed by atoms with Crippen molar-refractivity contribution < 1.29 is 18.7 Å². The number of fused-ring (bicyclic) bond motifs is 1. The molecule has 25 heavy (non-hydrogen) atoms. The van der Waals surface area contributed by atoms with Crippen molar-refractivity contribution in [2.75, 3.05) is 26.9 Å². The lowest BCUT2D eigenvalue weighted by atomic mass is 10.0. The van der Waals surface area contributed by atoms with E-state index in [4.69, 9.17) is 18.7 Å². The molecule has 0 radical (unpaired) electrons. The van der Waals surface area contributed by atoms with Gasteiger partial charge in [0, 0.05) is 24.9 Å². The van der Waals surface area contributed by atoms with E-state index < -0.39 is 0 Å². The van der Waals surface area contributed by atoms with E-state index in [-0.39, 0.29) is 5.41 Å². The quantitative estimate of drug-likeness (QED) is 0.804. The van der Waals surface area contributed by atoms with Crippen molar-refractivity contribution in [2.45, 2.75) is 37.5 Å². The van der Waals surface area contributed by atoms with E-state index in [1.165, 1.54) is 18.4 Å². The minimum Gasteiger partial charge on any atom is -0.486 e. The number of ether oxygens (including phenoxy) is 3. The molecule has 1 aromatic heterocycles. The Labute approximate surface area is 146 Å². The van der Waals surface area contributed by atoms with Crippen molar-refractivity contribution in [2.24, 2.45) is 5.41 Å². The summed E-state index contributed by atoms with van der Waals surface area (Å²) in [5.41, 5.74) is 1.50. The highest BCUT2D eigenvalue weighted by atomic mass is 16.6. The maximum atomic E-state index is 5.68. The first kappa shape index (κ1) is 15.2. The number of benzene rings is 1. The molecule has 2 heterocycles. The molecule has 3 aliphatic rings. The molecular formula is C19H22N2O4. The Morgan fingerprint density at radius 3 is 2.80 bits per heavy atom. The first-order chi connectivity index (χ1) is 12.3. The van der Waals surface area contributed by atoms with Crippen LogP contribution in [0, 0.1) is 5.41 Å². The number of rotatable bonds is 6. The largest absolute Gasteiger partial charge is 0.486 e. The average molecular weight is 342 g/mol. The van der Waals surface area contributed by atoms with Crippen LogP contribution in [0.15, 0.2) is 22.7 Å². The summed E-state index contributed by atoms with van der Waals surface area (Å²) in [6.07, 6.45) is 4.28. The summed E-state index contributed by atoms with van der Waals surface area (Å²) >= 11 is 0. The lowest BCUT2D eigenvalue weighted by Crippen LogP contribution is -2.15. The standard InChI is InChI=1S/C19H22N2O4/c1-22-11-19(4-5-19)10-17-20-18(25-21-17)14-9-13(14)12-2-3-15-16(8-12)24-7-6-23-15/h2-3,8,13-14H,4-7,9-11H2,1H3/t13-,14-/m1/s1. The molecule has 2 fully saturated rings. The van der Waals surface area contributed by atoms with Crippen LogP contribution in [0.2, 0.25) is 0 Å². The van der Waals surface area contributed by atoms with Crippen LogP contribution in [0.25, 0.3) is 0 Å². The van der Waals surface area contributed by atoms with Crippen LogP contribution in [0.3, 0.4) is 0 Å². The van der Waals surface area contributed by atoms with Crippen LogP contribution in [0.5, 0.6) is 11.5 Å². The molecule has 0 spiro atoms. The first-order valence-corrected chi connectivity index (χ1v) is 8.97. The van der Waals surface area contributed by atoms with E-state index in [0.29, 0.717) is 25.0 Å². The van der Waals surface area contributed by atoms with E-state index in [1.54, 1.807) is 7.11 Å². The number of methoxy groups -OCH3 is 1. The molecular weight excluding hydrogens is 320 g/mol. The number of aromatic nitrogens is 2. The smallest absolute Gasteiger partial charge is 0.230 e. The van der Waals surface area contributed by atoms with Crippen LogP contribution in [-0.2, 0) is 11.2 Å². The molecule has 1 aliphatic heterocycles. The van der Waals surface area contributed by atoms with Gasteiger partial charge in [-0.15, -0.1) is 0 Å². The number of hydrogen-bond donors (Lipinski definition) is 0. The highest BCUT2D eigenvalue weighted by molar-refractivity contribution is 5.46. The molecule has 6 heteroatoms. The molecule has 2 aliphatic carbocycles. The molecule has 0 amide bonds. The van der Waals surface area contributed by atoms with Crippen LogP contribution < -0.4 is 9.47 Å². The molecule has 2 aromatic rings. The van der Waals surface area contributed by atoms with E-state index in [2.05, 4.69) is 22.3 Å². The van der Waals surface area contributed by atoms with E-state index in [1.807, 2.05) is 6.07 Å². The zero-order chi connectivity index (χ0) is 16.9. The highest BCUT2D eigenvalue weighted by Crippen LogP contribution is 2.55. The summed E-state index contributed by atoms with van der Waals surface area (Å²) in [4.78, 5) is 4.65. The number of nitrogens with zero attached hydrogens (tertiary/aromatic N) is 2. The van der Waals surface area contributed by atoms with E-state index in [0.717, 1.165) is 42.7 Å². The molecule has 2 atom stereocenters. The summed E-state index contributed by atoms with van der Waals surface area (Å²) in [5.74, 6) is 4.01. The Morgan fingerprint density at radius 2 is 2.00 bits per heavy atom. The van der Waals surface area contributed by atoms with Gasteiger partial charge in [-0.1, -0.05) is 11.2 Å². The number of hydrogen-bond acceptors (Lipinski definition) is 6. The molecule has 2 saturated carbocycles. The fraction of sp³-hybridized carbons (Fsp3) is 0.579. The Kier molecular flexibility index (Phi) is 3.48. The molecule has 0 unspecified atom stereocenters. The summed E-state index contributed by atoms with van der Waals surface area (Å²) in [6, 6.07) is 6.21. The summed E-state index contributed by atoms with van der Waals surface area (Å²) < 4.78 is 22.1. The Hall–Kier alpha value is -2.08. The van der Waals surface area contributed by atoms with Crippen LogP contribution in [0.1, 0.15) is 48.4 Å². The van der Waals surface area contributed by atoms with Crippen molar-refractivity contribution >= 4 is 0 Å². The topological polar surface area (TPSA) is 66.6 Å². The van der Waals surface area contributed by atoms with Crippen molar-refractivity contribution in [1.29, 1.82) is 0 Å². The van der Waals surface area contributed by atoms with Crippen molar-refractivity contribution in [3.05, 3.63) is 35.5 Å². The third kappa shape index (κ3) is 2.88. The van der Waals surface area contributed by atoms with Gasteiger partial charge in [0.05, 0.1) is 6.61 Å². The third-order valence-corrected chi connectivity index (χ3v) is 5.53. The molecule has 0 N–H and O–H groups in total. The van der Waals surface area contributed by atoms with Gasteiger partial charge in [-0.3, -0.25) is 0 Å². The second-order valence-electron chi connectivity index (χ2n) is 7.51. The zero-order valence-corrected chi connectivity index (χ0v) is 14.4. The zero-order valence-electron chi connectivity index (χ0n) is 14.4. The predicted octanol–water partition coefficient (Wildman–Crippen LogP) is 3.08. The van der Waals surface area contributed by atoms with Crippen molar-refractivity contribution in [3.63, 3.8) is 0 Å². The van der Waals surface area contributed by atoms with Crippen LogP contribution in [0.4, 0.5) is 0 Å². The molecule has 5 rings (SSSR count). The lowest BCUT2D eigenvalue weighted by molar-refractivity contribution is 0.139. The SMILES string of the molecule is COCC1(Cc2noc([C@@H]3C[C@@H]3c3ccc4c(c3)OCCO4)n2)CC1. The van der Waals surface area contributed by atoms with Gasteiger partial charge in [0.15, 0.2) is 17.3 Å². The van der Waals surface area contributed by atoms with E-state index in [9.17, 15) is 0 Å². The second-order valence-corrected chi connectivity index (χ2v) is 7.51. The van der Waals surface area contributed by atoms with Crippen LogP contribution >= 0.6 is 0 Å². The summed E-state index contributed by atoms with van der Waals surface area (Å²) in [6.45, 7) is 2.01. The predicted molar refractivity (Wildman–Crippen MR) is 89.1 cm³/mol. The van der Waals surface area contributed by atoms with E-state index >= 15 is 0 Å². The van der Waals surface area contributed by atoms with Crippen molar-refractivity contribution in [1.82, 2.24) is 10.1 Å². The van der Waals surface area contributed by atoms with Gasteiger partial charge < -0.3 is 18.7 Å². The van der Waals surface area contributed by atoms with Gasteiger partial charge in [0.1, 0.15) is 13.2 Å². The monoisotopic (exact) mass is 342 g/mol. The molecule has 132 valence electrons. The fourth-order valence-corrected chi connectivity index (χ4v) is 3.81. The summed E-state index contributed by atoms with van der Waals surface area (Å²) in [7, 11) is 1.75.